The van der Waals surface area contributed by atoms with Gasteiger partial charge in [0.15, 0.2) is 9.84 Å². The van der Waals surface area contributed by atoms with Crippen LogP contribution in [0.4, 0.5) is 0 Å². The van der Waals surface area contributed by atoms with Crippen LogP contribution in [0.15, 0.2) is 69.7 Å². The number of rotatable bonds is 13. The van der Waals surface area contributed by atoms with Crippen LogP contribution in [0.1, 0.15) is 73.6 Å². The van der Waals surface area contributed by atoms with Gasteiger partial charge in [-0.15, -0.1) is 0 Å². The van der Waals surface area contributed by atoms with Crippen molar-refractivity contribution in [1.29, 1.82) is 0 Å². The molecule has 0 aromatic heterocycles. The molecule has 6 nitrogen and oxygen atoms in total. The van der Waals surface area contributed by atoms with Gasteiger partial charge in [-0.1, -0.05) is 49.3 Å². The summed E-state index contributed by atoms with van der Waals surface area (Å²) in [4.78, 5) is 11.3. The SMILES string of the molecule is COCOC(C(C)=CCCC(C)=CCOC(C)=O)C(C1=C(C)CCCC1(C)C)S(=O)(=O)c1ccccc1. The molecule has 37 heavy (non-hydrogen) atoms. The number of benzene rings is 1. The molecule has 0 bridgehead atoms. The third kappa shape index (κ3) is 8.66. The largest absolute Gasteiger partial charge is 0.462 e. The maximum Gasteiger partial charge on any atom is 0.302 e. The van der Waals surface area contributed by atoms with Crippen LogP contribution in [0.5, 0.6) is 0 Å². The molecule has 0 saturated heterocycles. The highest BCUT2D eigenvalue weighted by molar-refractivity contribution is 7.92. The zero-order valence-corrected chi connectivity index (χ0v) is 24.3. The smallest absolute Gasteiger partial charge is 0.302 e. The molecule has 0 heterocycles. The van der Waals surface area contributed by atoms with Gasteiger partial charge >= 0.3 is 5.97 Å². The van der Waals surface area contributed by atoms with Crippen molar-refractivity contribution in [3.8, 4) is 0 Å². The Kier molecular flexibility index (Phi) is 11.8. The number of ether oxygens (including phenoxy) is 3. The molecule has 1 aromatic rings. The molecule has 0 fully saturated rings. The summed E-state index contributed by atoms with van der Waals surface area (Å²) in [6.07, 6.45) is 7.57. The molecule has 1 aliphatic rings. The van der Waals surface area contributed by atoms with E-state index < -0.39 is 21.2 Å². The number of esters is 1. The monoisotopic (exact) mass is 532 g/mol. The Morgan fingerprint density at radius 2 is 1.78 bits per heavy atom. The first-order chi connectivity index (χ1) is 17.4. The van der Waals surface area contributed by atoms with Crippen molar-refractivity contribution in [3.05, 3.63) is 64.8 Å². The third-order valence-electron chi connectivity index (χ3n) is 7.05. The van der Waals surface area contributed by atoms with Crippen LogP contribution in [-0.2, 0) is 28.8 Å². The number of carbonyl (C=O) groups is 1. The summed E-state index contributed by atoms with van der Waals surface area (Å²) in [6, 6.07) is 8.67. The van der Waals surface area contributed by atoms with E-state index in [0.29, 0.717) is 11.3 Å². The molecule has 0 radical (unpaired) electrons. The van der Waals surface area contributed by atoms with Crippen LogP contribution in [-0.4, -0.2) is 46.3 Å². The Morgan fingerprint density at radius 1 is 1.11 bits per heavy atom. The maximum absolute atomic E-state index is 14.3. The quantitative estimate of drug-likeness (QED) is 0.162. The Morgan fingerprint density at radius 3 is 2.38 bits per heavy atom. The van der Waals surface area contributed by atoms with Crippen molar-refractivity contribution in [3.63, 3.8) is 0 Å². The van der Waals surface area contributed by atoms with Gasteiger partial charge in [0.1, 0.15) is 24.8 Å². The predicted molar refractivity (Wildman–Crippen MR) is 148 cm³/mol. The van der Waals surface area contributed by atoms with Crippen LogP contribution in [0.25, 0.3) is 0 Å². The van der Waals surface area contributed by atoms with Crippen molar-refractivity contribution < 1.29 is 27.4 Å². The normalized spacial score (nSPS) is 18.5. The van der Waals surface area contributed by atoms with Crippen LogP contribution < -0.4 is 0 Å². The van der Waals surface area contributed by atoms with Crippen molar-refractivity contribution in [2.24, 2.45) is 5.41 Å². The van der Waals surface area contributed by atoms with E-state index in [1.54, 1.807) is 31.4 Å². The van der Waals surface area contributed by atoms with Gasteiger partial charge < -0.3 is 14.2 Å². The van der Waals surface area contributed by atoms with Crippen LogP contribution >= 0.6 is 0 Å². The number of hydrogen-bond donors (Lipinski definition) is 0. The summed E-state index contributed by atoms with van der Waals surface area (Å²) in [5.74, 6) is -0.307. The molecule has 0 saturated carbocycles. The molecule has 0 spiro atoms. The fourth-order valence-corrected chi connectivity index (χ4v) is 7.42. The van der Waals surface area contributed by atoms with Crippen molar-refractivity contribution in [2.45, 2.75) is 89.9 Å². The lowest BCUT2D eigenvalue weighted by Gasteiger charge is -2.41. The van der Waals surface area contributed by atoms with Gasteiger partial charge in [0.25, 0.3) is 0 Å². The van der Waals surface area contributed by atoms with E-state index in [0.717, 1.165) is 48.0 Å². The van der Waals surface area contributed by atoms with Gasteiger partial charge in [-0.25, -0.2) is 8.42 Å². The van der Waals surface area contributed by atoms with E-state index in [2.05, 4.69) is 26.8 Å². The first kappa shape index (κ1) is 31.0. The summed E-state index contributed by atoms with van der Waals surface area (Å²) >= 11 is 0. The molecular weight excluding hydrogens is 488 g/mol. The lowest BCUT2D eigenvalue weighted by atomic mass is 9.70. The summed E-state index contributed by atoms with van der Waals surface area (Å²) in [7, 11) is -2.24. The first-order valence-corrected chi connectivity index (χ1v) is 14.5. The molecule has 1 aliphatic carbocycles. The summed E-state index contributed by atoms with van der Waals surface area (Å²) in [6.45, 7) is 11.9. The second kappa shape index (κ2) is 14.1. The van der Waals surface area contributed by atoms with Crippen LogP contribution in [0, 0.1) is 5.41 Å². The molecule has 7 heteroatoms. The highest BCUT2D eigenvalue weighted by atomic mass is 32.2. The topological polar surface area (TPSA) is 78.9 Å². The van der Waals surface area contributed by atoms with Gasteiger partial charge in [-0.3, -0.25) is 4.79 Å². The fourth-order valence-electron chi connectivity index (χ4n) is 5.14. The summed E-state index contributed by atoms with van der Waals surface area (Å²) < 4.78 is 45.0. The maximum atomic E-state index is 14.3. The van der Waals surface area contributed by atoms with Crippen molar-refractivity contribution in [2.75, 3.05) is 20.5 Å². The summed E-state index contributed by atoms with van der Waals surface area (Å²) in [5.41, 5.74) is 3.76. The van der Waals surface area contributed by atoms with Gasteiger partial charge in [0, 0.05) is 14.0 Å². The van der Waals surface area contributed by atoms with E-state index in [9.17, 15) is 13.2 Å². The highest BCUT2D eigenvalue weighted by Crippen LogP contribution is 2.46. The number of carbonyl (C=O) groups excluding carboxylic acids is 1. The Balaban J connectivity index is 2.52. The van der Waals surface area contributed by atoms with Gasteiger partial charge in [-0.2, -0.15) is 0 Å². The minimum Gasteiger partial charge on any atom is -0.462 e. The minimum atomic E-state index is -3.78. The first-order valence-electron chi connectivity index (χ1n) is 13.0. The molecule has 0 N–H and O–H groups in total. The number of sulfone groups is 1. The van der Waals surface area contributed by atoms with E-state index >= 15 is 0 Å². The van der Waals surface area contributed by atoms with Gasteiger partial charge in [0.2, 0.25) is 0 Å². The molecule has 2 rings (SSSR count). The Hall–Kier alpha value is -2.22. The van der Waals surface area contributed by atoms with E-state index in [-0.39, 0.29) is 24.8 Å². The highest BCUT2D eigenvalue weighted by Gasteiger charge is 2.45. The molecule has 0 aliphatic heterocycles. The number of allylic oxidation sites excluding steroid dienone is 3. The Labute approximate surface area is 223 Å². The third-order valence-corrected chi connectivity index (χ3v) is 9.13. The predicted octanol–water partition coefficient (Wildman–Crippen LogP) is 6.58. The molecule has 0 amide bonds. The molecular formula is C30H44O6S. The second-order valence-electron chi connectivity index (χ2n) is 10.5. The Bertz CT molecular complexity index is 1100. The summed E-state index contributed by atoms with van der Waals surface area (Å²) in [5, 5.41) is -0.864. The van der Waals surface area contributed by atoms with Crippen molar-refractivity contribution >= 4 is 15.8 Å². The zero-order chi connectivity index (χ0) is 27.6. The average molecular weight is 533 g/mol. The lowest BCUT2D eigenvalue weighted by molar-refractivity contribution is -0.139. The zero-order valence-electron chi connectivity index (χ0n) is 23.5. The number of methoxy groups -OCH3 is 1. The van der Waals surface area contributed by atoms with Crippen LogP contribution in [0.2, 0.25) is 0 Å². The molecule has 2 atom stereocenters. The van der Waals surface area contributed by atoms with Gasteiger partial charge in [0.05, 0.1) is 4.90 Å². The average Bonchev–Trinajstić information content (AvgIpc) is 2.82. The van der Waals surface area contributed by atoms with Crippen LogP contribution in [0.3, 0.4) is 0 Å². The molecule has 1 aromatic carbocycles. The standard InChI is InChI=1S/C30H44O6S/c1-22(18-20-35-25(4)31)13-11-14-24(3)28(36-21-34-7)29(27-23(2)15-12-19-30(27,5)6)37(32,33)26-16-9-8-10-17-26/h8-10,14,16-18,28-29H,11-13,15,19-21H2,1-7H3. The lowest BCUT2D eigenvalue weighted by Crippen LogP contribution is -2.44. The molecule has 2 unspecified atom stereocenters. The fraction of sp³-hybridized carbons (Fsp3) is 0.567. The second-order valence-corrected chi connectivity index (χ2v) is 12.6. The van der Waals surface area contributed by atoms with E-state index in [1.807, 2.05) is 26.0 Å². The van der Waals surface area contributed by atoms with Crippen molar-refractivity contribution in [1.82, 2.24) is 0 Å². The van der Waals surface area contributed by atoms with E-state index in [4.69, 9.17) is 14.2 Å². The number of hydrogen-bond acceptors (Lipinski definition) is 6. The van der Waals surface area contributed by atoms with E-state index in [1.165, 1.54) is 6.92 Å². The molecule has 206 valence electrons. The van der Waals surface area contributed by atoms with Gasteiger partial charge in [-0.05, 0) is 87.6 Å². The minimum absolute atomic E-state index is 0.00920.